The lowest BCUT2D eigenvalue weighted by Crippen LogP contribution is -2.20. The molecule has 4 heteroatoms. The molecule has 0 aliphatic heterocycles. The maximum Gasteiger partial charge on any atom is 0.270 e. The summed E-state index contributed by atoms with van der Waals surface area (Å²) in [4.78, 5) is 12.7. The first-order chi connectivity index (χ1) is 11.7. The number of rotatable bonds is 6. The molecule has 0 unspecified atom stereocenters. The average molecular weight is 338 g/mol. The summed E-state index contributed by atoms with van der Waals surface area (Å²) < 4.78 is 0. The molecule has 0 atom stereocenters. The minimum atomic E-state index is -0.378. The zero-order valence-corrected chi connectivity index (χ0v) is 15.5. The van der Waals surface area contributed by atoms with Crippen molar-refractivity contribution in [3.8, 4) is 0 Å². The highest BCUT2D eigenvalue weighted by Crippen LogP contribution is 2.23. The summed E-state index contributed by atoms with van der Waals surface area (Å²) in [6.45, 7) is 12.2. The van der Waals surface area contributed by atoms with Crippen LogP contribution in [0, 0.1) is 10.1 Å². The van der Waals surface area contributed by atoms with Gasteiger partial charge in [-0.3, -0.25) is 15.0 Å². The Morgan fingerprint density at radius 3 is 2.36 bits per heavy atom. The molecular weight excluding hydrogens is 312 g/mol. The predicted molar refractivity (Wildman–Crippen MR) is 104 cm³/mol. The standard InChI is InChI=1S/C21H26N2O2/c1-16(18-7-6-8-20(13-18)23(24)25)14-22(5)15-17-9-11-19(12-10-17)21(2,3)4/h6-13H,1,14-15H2,2-5H3. The van der Waals surface area contributed by atoms with Gasteiger partial charge in [0.1, 0.15) is 0 Å². The molecule has 25 heavy (non-hydrogen) atoms. The van der Waals surface area contributed by atoms with Crippen LogP contribution in [0.5, 0.6) is 0 Å². The second kappa shape index (κ2) is 7.62. The molecule has 0 spiro atoms. The lowest BCUT2D eigenvalue weighted by molar-refractivity contribution is -0.384. The average Bonchev–Trinajstić information content (AvgIpc) is 2.54. The van der Waals surface area contributed by atoms with Crippen LogP contribution < -0.4 is 0 Å². The topological polar surface area (TPSA) is 46.4 Å². The van der Waals surface area contributed by atoms with Crippen molar-refractivity contribution >= 4 is 11.3 Å². The number of nitrogens with zero attached hydrogens (tertiary/aromatic N) is 2. The summed E-state index contributed by atoms with van der Waals surface area (Å²) in [7, 11) is 2.03. The summed E-state index contributed by atoms with van der Waals surface area (Å²) in [6.07, 6.45) is 0. The summed E-state index contributed by atoms with van der Waals surface area (Å²) in [6, 6.07) is 15.3. The van der Waals surface area contributed by atoms with Gasteiger partial charge in [-0.1, -0.05) is 63.7 Å². The minimum absolute atomic E-state index is 0.0964. The summed E-state index contributed by atoms with van der Waals surface area (Å²) in [5, 5.41) is 10.9. The molecule has 0 N–H and O–H groups in total. The fourth-order valence-electron chi connectivity index (χ4n) is 2.73. The second-order valence-corrected chi connectivity index (χ2v) is 7.53. The van der Waals surface area contributed by atoms with Gasteiger partial charge in [-0.15, -0.1) is 0 Å². The van der Waals surface area contributed by atoms with E-state index in [1.165, 1.54) is 17.2 Å². The molecular formula is C21H26N2O2. The Morgan fingerprint density at radius 2 is 1.80 bits per heavy atom. The van der Waals surface area contributed by atoms with Gasteiger partial charge in [-0.05, 0) is 34.7 Å². The number of nitro benzene ring substituents is 1. The molecule has 0 radical (unpaired) electrons. The Labute approximate surface area is 149 Å². The maximum atomic E-state index is 10.9. The van der Waals surface area contributed by atoms with Crippen molar-refractivity contribution in [2.24, 2.45) is 0 Å². The van der Waals surface area contributed by atoms with Gasteiger partial charge in [0.2, 0.25) is 0 Å². The number of hydrogen-bond donors (Lipinski definition) is 0. The molecule has 0 fully saturated rings. The van der Waals surface area contributed by atoms with Gasteiger partial charge < -0.3 is 0 Å². The molecule has 0 aliphatic rings. The van der Waals surface area contributed by atoms with Crippen molar-refractivity contribution in [2.45, 2.75) is 32.7 Å². The molecule has 0 aliphatic carbocycles. The van der Waals surface area contributed by atoms with Gasteiger partial charge in [0.15, 0.2) is 0 Å². The molecule has 2 aromatic carbocycles. The highest BCUT2D eigenvalue weighted by atomic mass is 16.6. The van der Waals surface area contributed by atoms with Gasteiger partial charge in [0, 0.05) is 25.2 Å². The van der Waals surface area contributed by atoms with Crippen molar-refractivity contribution in [3.05, 3.63) is 81.9 Å². The molecule has 0 bridgehead atoms. The molecule has 0 saturated heterocycles. The van der Waals surface area contributed by atoms with Gasteiger partial charge in [-0.2, -0.15) is 0 Å². The Kier molecular flexibility index (Phi) is 5.75. The van der Waals surface area contributed by atoms with Crippen molar-refractivity contribution < 1.29 is 4.92 Å². The molecule has 0 saturated carbocycles. The van der Waals surface area contributed by atoms with E-state index in [-0.39, 0.29) is 16.0 Å². The van der Waals surface area contributed by atoms with Crippen molar-refractivity contribution in [1.29, 1.82) is 0 Å². The zero-order valence-electron chi connectivity index (χ0n) is 15.5. The Morgan fingerprint density at radius 1 is 1.16 bits per heavy atom. The first-order valence-corrected chi connectivity index (χ1v) is 8.37. The summed E-state index contributed by atoms with van der Waals surface area (Å²) >= 11 is 0. The van der Waals surface area contributed by atoms with Crippen LogP contribution in [0.15, 0.2) is 55.1 Å². The Balaban J connectivity index is 2.00. The van der Waals surface area contributed by atoms with E-state index in [4.69, 9.17) is 0 Å². The van der Waals surface area contributed by atoms with Crippen LogP contribution in [0.2, 0.25) is 0 Å². The minimum Gasteiger partial charge on any atom is -0.298 e. The van der Waals surface area contributed by atoms with Gasteiger partial charge in [-0.25, -0.2) is 0 Å². The zero-order chi connectivity index (χ0) is 18.6. The van der Waals surface area contributed by atoms with Gasteiger partial charge >= 0.3 is 0 Å². The largest absolute Gasteiger partial charge is 0.298 e. The highest BCUT2D eigenvalue weighted by molar-refractivity contribution is 5.66. The third-order valence-corrected chi connectivity index (χ3v) is 4.20. The van der Waals surface area contributed by atoms with Gasteiger partial charge in [0.25, 0.3) is 5.69 Å². The smallest absolute Gasteiger partial charge is 0.270 e. The lowest BCUT2D eigenvalue weighted by atomic mass is 9.87. The van der Waals surface area contributed by atoms with E-state index in [9.17, 15) is 10.1 Å². The van der Waals surface area contributed by atoms with E-state index in [1.807, 2.05) is 13.1 Å². The SMILES string of the molecule is C=C(CN(C)Cc1ccc(C(C)(C)C)cc1)c1cccc([N+](=O)[O-])c1. The number of nitro groups is 1. The van der Waals surface area contributed by atoms with E-state index in [2.05, 4.69) is 56.5 Å². The lowest BCUT2D eigenvalue weighted by Gasteiger charge is -2.21. The van der Waals surface area contributed by atoms with E-state index in [0.29, 0.717) is 6.54 Å². The van der Waals surface area contributed by atoms with E-state index >= 15 is 0 Å². The first-order valence-electron chi connectivity index (χ1n) is 8.37. The third kappa shape index (κ3) is 5.26. The third-order valence-electron chi connectivity index (χ3n) is 4.20. The Hall–Kier alpha value is -2.46. The molecule has 2 rings (SSSR count). The number of likely N-dealkylation sites (N-methyl/N-ethyl adjacent to an activating group) is 1. The van der Waals surface area contributed by atoms with Crippen LogP contribution in [-0.2, 0) is 12.0 Å². The first kappa shape index (κ1) is 18.9. The van der Waals surface area contributed by atoms with E-state index < -0.39 is 0 Å². The normalized spacial score (nSPS) is 11.6. The van der Waals surface area contributed by atoms with E-state index in [0.717, 1.165) is 17.7 Å². The molecule has 4 nitrogen and oxygen atoms in total. The monoisotopic (exact) mass is 338 g/mol. The van der Waals surface area contributed by atoms with Crippen LogP contribution in [-0.4, -0.2) is 23.4 Å². The van der Waals surface area contributed by atoms with Crippen LogP contribution in [0.1, 0.15) is 37.5 Å². The quantitative estimate of drug-likeness (QED) is 0.548. The van der Waals surface area contributed by atoms with Crippen molar-refractivity contribution in [2.75, 3.05) is 13.6 Å². The summed E-state index contributed by atoms with van der Waals surface area (Å²) in [5.74, 6) is 0. The maximum absolute atomic E-state index is 10.9. The molecule has 2 aromatic rings. The van der Waals surface area contributed by atoms with Gasteiger partial charge in [0.05, 0.1) is 4.92 Å². The van der Waals surface area contributed by atoms with Crippen LogP contribution >= 0.6 is 0 Å². The highest BCUT2D eigenvalue weighted by Gasteiger charge is 2.13. The molecule has 0 heterocycles. The fraction of sp³-hybridized carbons (Fsp3) is 0.333. The van der Waals surface area contributed by atoms with Crippen molar-refractivity contribution in [1.82, 2.24) is 4.90 Å². The van der Waals surface area contributed by atoms with E-state index in [1.54, 1.807) is 12.1 Å². The van der Waals surface area contributed by atoms with Crippen LogP contribution in [0.4, 0.5) is 5.69 Å². The number of non-ortho nitro benzene ring substituents is 1. The van der Waals surface area contributed by atoms with Crippen LogP contribution in [0.25, 0.3) is 5.57 Å². The number of hydrogen-bond acceptors (Lipinski definition) is 3. The molecule has 132 valence electrons. The summed E-state index contributed by atoms with van der Waals surface area (Å²) in [5.41, 5.74) is 4.49. The molecule has 0 amide bonds. The predicted octanol–water partition coefficient (Wildman–Crippen LogP) is 5.04. The van der Waals surface area contributed by atoms with Crippen molar-refractivity contribution in [3.63, 3.8) is 0 Å². The molecule has 0 aromatic heterocycles. The Bertz CT molecular complexity index is 758. The second-order valence-electron chi connectivity index (χ2n) is 7.53. The number of benzene rings is 2. The van der Waals surface area contributed by atoms with Crippen LogP contribution in [0.3, 0.4) is 0 Å². The fourth-order valence-corrected chi connectivity index (χ4v) is 2.73.